The zero-order valence-electron chi connectivity index (χ0n) is 11.2. The summed E-state index contributed by atoms with van der Waals surface area (Å²) in [7, 11) is 0. The van der Waals surface area contributed by atoms with Crippen molar-refractivity contribution in [2.45, 2.75) is 19.4 Å². The summed E-state index contributed by atoms with van der Waals surface area (Å²) in [5, 5.41) is 23.8. The molecule has 1 rings (SSSR count). The van der Waals surface area contributed by atoms with Gasteiger partial charge in [0, 0.05) is 6.54 Å². The van der Waals surface area contributed by atoms with Crippen molar-refractivity contribution in [1.29, 1.82) is 0 Å². The number of carbonyl (C=O) groups is 2. The zero-order chi connectivity index (χ0) is 15.1. The van der Waals surface area contributed by atoms with Crippen molar-refractivity contribution in [3.05, 3.63) is 36.4 Å². The van der Waals surface area contributed by atoms with E-state index in [2.05, 4.69) is 17.2 Å². The average Bonchev–Trinajstić information content (AvgIpc) is 2.38. The van der Waals surface area contributed by atoms with Crippen LogP contribution in [0.4, 0.5) is 5.69 Å². The van der Waals surface area contributed by atoms with Crippen LogP contribution < -0.4 is 10.6 Å². The van der Waals surface area contributed by atoms with E-state index in [0.29, 0.717) is 6.54 Å². The van der Waals surface area contributed by atoms with Crippen molar-refractivity contribution >= 4 is 17.6 Å². The Balaban J connectivity index is 2.67. The molecule has 1 aromatic carbocycles. The van der Waals surface area contributed by atoms with Crippen molar-refractivity contribution in [2.24, 2.45) is 0 Å². The molecule has 20 heavy (non-hydrogen) atoms. The lowest BCUT2D eigenvalue weighted by molar-refractivity contribution is -0.140. The van der Waals surface area contributed by atoms with Gasteiger partial charge in [-0.15, -0.1) is 6.58 Å². The highest BCUT2D eigenvalue weighted by Crippen LogP contribution is 2.23. The van der Waals surface area contributed by atoms with E-state index < -0.39 is 17.9 Å². The molecule has 108 valence electrons. The second kappa shape index (κ2) is 7.30. The molecule has 0 radical (unpaired) electrons. The molecule has 1 unspecified atom stereocenters. The first-order valence-electron chi connectivity index (χ1n) is 6.10. The van der Waals surface area contributed by atoms with E-state index in [1.165, 1.54) is 12.1 Å². The van der Waals surface area contributed by atoms with Crippen LogP contribution in [0, 0.1) is 6.92 Å². The molecule has 6 nitrogen and oxygen atoms in total. The summed E-state index contributed by atoms with van der Waals surface area (Å²) < 4.78 is 0. The van der Waals surface area contributed by atoms with Crippen molar-refractivity contribution < 1.29 is 19.8 Å². The van der Waals surface area contributed by atoms with Crippen molar-refractivity contribution in [3.63, 3.8) is 0 Å². The van der Waals surface area contributed by atoms with Crippen LogP contribution in [-0.2, 0) is 9.59 Å². The molecule has 4 N–H and O–H groups in total. The largest absolute Gasteiger partial charge is 0.506 e. The van der Waals surface area contributed by atoms with Gasteiger partial charge in [-0.3, -0.25) is 9.59 Å². The fourth-order valence-corrected chi connectivity index (χ4v) is 1.61. The van der Waals surface area contributed by atoms with Gasteiger partial charge < -0.3 is 20.8 Å². The summed E-state index contributed by atoms with van der Waals surface area (Å²) in [6, 6.07) is 3.78. The van der Waals surface area contributed by atoms with Gasteiger partial charge in [0.15, 0.2) is 0 Å². The highest BCUT2D eigenvalue weighted by atomic mass is 16.4. The Hall–Kier alpha value is -2.34. The third kappa shape index (κ3) is 4.74. The molecule has 1 aromatic rings. The Morgan fingerprint density at radius 3 is 2.75 bits per heavy atom. The fourth-order valence-electron chi connectivity index (χ4n) is 1.61. The number of carboxylic acid groups (broad SMARTS) is 1. The maximum absolute atomic E-state index is 11.8. The topological polar surface area (TPSA) is 98.7 Å². The number of phenolic OH excluding ortho intramolecular Hbond substituents is 1. The van der Waals surface area contributed by atoms with Crippen molar-refractivity contribution in [3.8, 4) is 5.75 Å². The number of hydrogen-bond donors (Lipinski definition) is 4. The van der Waals surface area contributed by atoms with Crippen LogP contribution >= 0.6 is 0 Å². The molecule has 0 aliphatic heterocycles. The monoisotopic (exact) mass is 278 g/mol. The molecule has 0 aromatic heterocycles. The van der Waals surface area contributed by atoms with Gasteiger partial charge in [-0.2, -0.15) is 0 Å². The first-order valence-corrected chi connectivity index (χ1v) is 6.10. The van der Waals surface area contributed by atoms with Crippen LogP contribution in [-0.4, -0.2) is 34.7 Å². The number of benzene rings is 1. The summed E-state index contributed by atoms with van der Waals surface area (Å²) >= 11 is 0. The number of aryl methyl sites for hydroxylation is 1. The highest BCUT2D eigenvalue weighted by molar-refractivity contribution is 5.95. The molecule has 1 atom stereocenters. The molecule has 0 aliphatic carbocycles. The average molecular weight is 278 g/mol. The molecule has 0 saturated carbocycles. The summed E-state index contributed by atoms with van der Waals surface area (Å²) in [5.74, 6) is -1.67. The van der Waals surface area contributed by atoms with Gasteiger partial charge >= 0.3 is 5.97 Å². The number of aromatic hydroxyl groups is 1. The molecule has 0 heterocycles. The predicted octanol–water partition coefficient (Wildman–Crippen LogP) is 1.26. The normalized spacial score (nSPS) is 11.7. The van der Waals surface area contributed by atoms with E-state index in [9.17, 15) is 14.7 Å². The maximum Gasteiger partial charge on any atom is 0.321 e. The third-order valence-corrected chi connectivity index (χ3v) is 2.62. The Morgan fingerprint density at radius 1 is 1.45 bits per heavy atom. The second-order valence-corrected chi connectivity index (χ2v) is 4.36. The lowest BCUT2D eigenvalue weighted by atomic mass is 10.1. The smallest absolute Gasteiger partial charge is 0.321 e. The number of nitrogens with one attached hydrogen (secondary N) is 2. The van der Waals surface area contributed by atoms with Gasteiger partial charge in [-0.05, 0) is 24.6 Å². The second-order valence-electron chi connectivity index (χ2n) is 4.36. The molecule has 0 fully saturated rings. The Morgan fingerprint density at radius 2 is 2.15 bits per heavy atom. The standard InChI is InChI=1S/C14H18N2O4/c1-3-6-15-11(14(19)20)8-13(18)16-10-7-9(2)4-5-12(10)17/h3-5,7,11,15,17H,1,6,8H2,2H3,(H,16,18)(H,19,20). The van der Waals surface area contributed by atoms with Crippen LogP contribution in [0.2, 0.25) is 0 Å². The van der Waals surface area contributed by atoms with E-state index in [0.717, 1.165) is 5.56 Å². The first kappa shape index (κ1) is 15.7. The van der Waals surface area contributed by atoms with Crippen LogP contribution in [0.1, 0.15) is 12.0 Å². The van der Waals surface area contributed by atoms with E-state index in [1.807, 2.05) is 6.92 Å². The van der Waals surface area contributed by atoms with Crippen molar-refractivity contribution in [1.82, 2.24) is 5.32 Å². The number of hydrogen-bond acceptors (Lipinski definition) is 4. The number of carboxylic acids is 1. The lowest BCUT2D eigenvalue weighted by Gasteiger charge is -2.14. The van der Waals surface area contributed by atoms with Crippen molar-refractivity contribution in [2.75, 3.05) is 11.9 Å². The summed E-state index contributed by atoms with van der Waals surface area (Å²) in [6.45, 7) is 5.58. The molecular formula is C14H18N2O4. The number of carbonyl (C=O) groups excluding carboxylic acids is 1. The van der Waals surface area contributed by atoms with Crippen LogP contribution in [0.15, 0.2) is 30.9 Å². The predicted molar refractivity (Wildman–Crippen MR) is 75.7 cm³/mol. The minimum absolute atomic E-state index is 0.0603. The summed E-state index contributed by atoms with van der Waals surface area (Å²) in [5.41, 5.74) is 1.14. The number of rotatable bonds is 7. The molecule has 0 bridgehead atoms. The number of anilines is 1. The van der Waals surface area contributed by atoms with E-state index in [1.54, 1.807) is 12.1 Å². The Bertz CT molecular complexity index is 514. The van der Waals surface area contributed by atoms with E-state index in [4.69, 9.17) is 5.11 Å². The third-order valence-electron chi connectivity index (χ3n) is 2.62. The number of amides is 1. The van der Waals surface area contributed by atoms with Gasteiger partial charge in [-0.1, -0.05) is 12.1 Å². The molecule has 0 spiro atoms. The quantitative estimate of drug-likeness (QED) is 0.444. The minimum Gasteiger partial charge on any atom is -0.506 e. The van der Waals surface area contributed by atoms with Crippen LogP contribution in [0.25, 0.3) is 0 Å². The highest BCUT2D eigenvalue weighted by Gasteiger charge is 2.20. The Kier molecular flexibility index (Phi) is 5.74. The van der Waals surface area contributed by atoms with Crippen LogP contribution in [0.5, 0.6) is 5.75 Å². The van der Waals surface area contributed by atoms with Gasteiger partial charge in [0.05, 0.1) is 12.1 Å². The van der Waals surface area contributed by atoms with E-state index in [-0.39, 0.29) is 17.9 Å². The molecular weight excluding hydrogens is 260 g/mol. The van der Waals surface area contributed by atoms with Gasteiger partial charge in [-0.25, -0.2) is 0 Å². The molecule has 0 saturated heterocycles. The minimum atomic E-state index is -1.12. The lowest BCUT2D eigenvalue weighted by Crippen LogP contribution is -2.39. The van der Waals surface area contributed by atoms with Crippen LogP contribution in [0.3, 0.4) is 0 Å². The molecule has 6 heteroatoms. The molecule has 0 aliphatic rings. The van der Waals surface area contributed by atoms with E-state index >= 15 is 0 Å². The SMILES string of the molecule is C=CCNC(CC(=O)Nc1cc(C)ccc1O)C(=O)O. The maximum atomic E-state index is 11.8. The number of phenols is 1. The first-order chi connectivity index (χ1) is 9.43. The van der Waals surface area contributed by atoms with Gasteiger partial charge in [0.1, 0.15) is 11.8 Å². The fraction of sp³-hybridized carbons (Fsp3) is 0.286. The summed E-state index contributed by atoms with van der Waals surface area (Å²) in [4.78, 5) is 22.8. The van der Waals surface area contributed by atoms with Gasteiger partial charge in [0.2, 0.25) is 5.91 Å². The van der Waals surface area contributed by atoms with Gasteiger partial charge in [0.25, 0.3) is 0 Å². The Labute approximate surface area is 117 Å². The molecule has 1 amide bonds. The zero-order valence-corrected chi connectivity index (χ0v) is 11.2. The number of aliphatic carboxylic acids is 1. The summed E-state index contributed by atoms with van der Waals surface area (Å²) in [6.07, 6.45) is 1.27.